The number of methoxy groups -OCH3 is 1. The molecule has 0 bridgehead atoms. The molecule has 102 valence electrons. The smallest absolute Gasteiger partial charge is 0.243 e. The summed E-state index contributed by atoms with van der Waals surface area (Å²) in [4.78, 5) is 21.2. The fourth-order valence-electron chi connectivity index (χ4n) is 2.79. The van der Waals surface area contributed by atoms with Crippen molar-refractivity contribution in [1.29, 1.82) is 0 Å². The van der Waals surface area contributed by atoms with Gasteiger partial charge in [-0.15, -0.1) is 0 Å². The number of carbonyl (C=O) groups is 1. The van der Waals surface area contributed by atoms with Crippen LogP contribution in [-0.4, -0.2) is 22.9 Å². The topological polar surface area (TPSA) is 52.1 Å². The highest BCUT2D eigenvalue weighted by molar-refractivity contribution is 6.04. The highest BCUT2D eigenvalue weighted by atomic mass is 16.5. The molecule has 0 unspecified atom stereocenters. The summed E-state index contributed by atoms with van der Waals surface area (Å²) in [5.74, 6) is 0.319. The van der Waals surface area contributed by atoms with E-state index in [1.54, 1.807) is 0 Å². The van der Waals surface area contributed by atoms with Crippen LogP contribution in [0.2, 0.25) is 0 Å². The van der Waals surface area contributed by atoms with Gasteiger partial charge in [0.25, 0.3) is 0 Å². The number of benzene rings is 1. The van der Waals surface area contributed by atoms with E-state index in [9.17, 15) is 4.79 Å². The van der Waals surface area contributed by atoms with Crippen molar-refractivity contribution < 1.29 is 9.53 Å². The monoisotopic (exact) mass is 268 g/mol. The molecule has 0 N–H and O–H groups in total. The number of hydrogen-bond donors (Lipinski definition) is 0. The zero-order valence-corrected chi connectivity index (χ0v) is 11.4. The van der Waals surface area contributed by atoms with E-state index in [-0.39, 0.29) is 5.78 Å². The maximum Gasteiger partial charge on any atom is 0.243 e. The second-order valence-electron chi connectivity index (χ2n) is 5.05. The van der Waals surface area contributed by atoms with Gasteiger partial charge in [0.05, 0.1) is 12.5 Å². The molecule has 1 saturated carbocycles. The van der Waals surface area contributed by atoms with Gasteiger partial charge in [-0.1, -0.05) is 36.8 Å². The van der Waals surface area contributed by atoms with Gasteiger partial charge in [-0.2, -0.15) is 0 Å². The predicted octanol–water partition coefficient (Wildman–Crippen LogP) is 2.79. The Morgan fingerprint density at radius 3 is 2.45 bits per heavy atom. The number of aromatic nitrogens is 2. The third-order valence-electron chi connectivity index (χ3n) is 4.04. The van der Waals surface area contributed by atoms with Crippen LogP contribution in [0.15, 0.2) is 42.7 Å². The number of nitrogens with zero attached hydrogens (tertiary/aromatic N) is 2. The van der Waals surface area contributed by atoms with Gasteiger partial charge in [0.2, 0.25) is 5.88 Å². The molecule has 1 aliphatic rings. The van der Waals surface area contributed by atoms with Crippen LogP contribution in [0.4, 0.5) is 0 Å². The Labute approximate surface area is 117 Å². The maximum absolute atomic E-state index is 12.9. The lowest BCUT2D eigenvalue weighted by atomic mass is 9.61. The van der Waals surface area contributed by atoms with Gasteiger partial charge in [-0.25, -0.2) is 9.97 Å². The third kappa shape index (κ3) is 1.88. The molecule has 0 aliphatic heterocycles. The van der Waals surface area contributed by atoms with E-state index in [4.69, 9.17) is 4.74 Å². The Hall–Kier alpha value is -2.23. The number of carbonyl (C=O) groups excluding carboxylic acids is 1. The maximum atomic E-state index is 12.9. The highest BCUT2D eigenvalue weighted by Crippen LogP contribution is 2.46. The van der Waals surface area contributed by atoms with Gasteiger partial charge >= 0.3 is 0 Å². The van der Waals surface area contributed by atoms with Gasteiger partial charge in [-0.3, -0.25) is 4.79 Å². The van der Waals surface area contributed by atoms with Gasteiger partial charge in [0, 0.05) is 12.4 Å². The number of ketones is 1. The number of rotatable bonds is 4. The lowest BCUT2D eigenvalue weighted by Crippen LogP contribution is -2.43. The molecule has 1 aromatic carbocycles. The second-order valence-corrected chi connectivity index (χ2v) is 5.05. The van der Waals surface area contributed by atoms with Gasteiger partial charge in [-0.05, 0) is 18.4 Å². The summed E-state index contributed by atoms with van der Waals surface area (Å²) in [6, 6.07) is 9.93. The largest absolute Gasteiger partial charge is 0.479 e. The summed E-state index contributed by atoms with van der Waals surface area (Å²) in [6.45, 7) is 0. The average Bonchev–Trinajstić information content (AvgIpc) is 2.47. The minimum atomic E-state index is -0.454. The van der Waals surface area contributed by atoms with Crippen LogP contribution in [0.25, 0.3) is 0 Å². The first-order chi connectivity index (χ1) is 9.78. The fraction of sp³-hybridized carbons (Fsp3) is 0.312. The predicted molar refractivity (Wildman–Crippen MR) is 74.9 cm³/mol. The first-order valence-corrected chi connectivity index (χ1v) is 6.73. The van der Waals surface area contributed by atoms with E-state index in [1.807, 2.05) is 30.3 Å². The molecule has 4 nitrogen and oxygen atoms in total. The van der Waals surface area contributed by atoms with Gasteiger partial charge in [0.1, 0.15) is 0 Å². The molecule has 20 heavy (non-hydrogen) atoms. The Balaban J connectivity index is 2.04. The minimum absolute atomic E-state index is 0.0138. The summed E-state index contributed by atoms with van der Waals surface area (Å²) < 4.78 is 5.17. The van der Waals surface area contributed by atoms with Crippen LogP contribution in [-0.2, 0) is 5.41 Å². The summed E-state index contributed by atoms with van der Waals surface area (Å²) in [5.41, 5.74) is 0.937. The van der Waals surface area contributed by atoms with Crippen LogP contribution in [0, 0.1) is 0 Å². The lowest BCUT2D eigenvalue weighted by molar-refractivity contribution is 0.0778. The zero-order chi connectivity index (χ0) is 14.0. The van der Waals surface area contributed by atoms with Crippen molar-refractivity contribution in [3.8, 4) is 5.88 Å². The summed E-state index contributed by atoms with van der Waals surface area (Å²) in [7, 11) is 1.51. The van der Waals surface area contributed by atoms with Gasteiger partial charge < -0.3 is 4.74 Å². The van der Waals surface area contributed by atoms with Crippen LogP contribution < -0.4 is 4.74 Å². The fourth-order valence-corrected chi connectivity index (χ4v) is 2.79. The molecular formula is C16H16N2O2. The first-order valence-electron chi connectivity index (χ1n) is 6.73. The average molecular weight is 268 g/mol. The molecular weight excluding hydrogens is 252 g/mol. The van der Waals surface area contributed by atoms with E-state index < -0.39 is 5.41 Å². The van der Waals surface area contributed by atoms with E-state index in [2.05, 4.69) is 9.97 Å². The zero-order valence-electron chi connectivity index (χ0n) is 11.4. The summed E-state index contributed by atoms with van der Waals surface area (Å²) in [6.07, 6.45) is 5.84. The molecule has 0 atom stereocenters. The van der Waals surface area contributed by atoms with Crippen molar-refractivity contribution in [2.24, 2.45) is 0 Å². The van der Waals surface area contributed by atoms with Crippen molar-refractivity contribution in [3.63, 3.8) is 0 Å². The van der Waals surface area contributed by atoms with E-state index in [0.717, 1.165) is 24.8 Å². The van der Waals surface area contributed by atoms with E-state index in [0.29, 0.717) is 11.6 Å². The molecule has 1 aromatic heterocycles. The van der Waals surface area contributed by atoms with Crippen molar-refractivity contribution in [1.82, 2.24) is 9.97 Å². The first kappa shape index (κ1) is 12.8. The van der Waals surface area contributed by atoms with Crippen LogP contribution in [0.5, 0.6) is 5.88 Å². The Morgan fingerprint density at radius 2 is 1.85 bits per heavy atom. The quantitative estimate of drug-likeness (QED) is 0.800. The van der Waals surface area contributed by atoms with Crippen molar-refractivity contribution in [2.75, 3.05) is 7.11 Å². The molecule has 0 saturated heterocycles. The van der Waals surface area contributed by atoms with Crippen LogP contribution >= 0.6 is 0 Å². The Bertz CT molecular complexity index is 621. The van der Waals surface area contributed by atoms with E-state index >= 15 is 0 Å². The number of ether oxygens (including phenoxy) is 1. The highest BCUT2D eigenvalue weighted by Gasteiger charge is 2.47. The third-order valence-corrected chi connectivity index (χ3v) is 4.04. The SMILES string of the molecule is COc1nccnc1C(=O)C1(c2ccccc2)CCC1. The molecule has 4 heteroatoms. The molecule has 3 rings (SSSR count). The van der Waals surface area contributed by atoms with Crippen LogP contribution in [0.3, 0.4) is 0 Å². The van der Waals surface area contributed by atoms with Crippen molar-refractivity contribution >= 4 is 5.78 Å². The standard InChI is InChI=1S/C16H16N2O2/c1-20-15-13(17-10-11-18-15)14(19)16(8-5-9-16)12-6-3-2-4-7-12/h2-4,6-7,10-11H,5,8-9H2,1H3. The Kier molecular flexibility index (Phi) is 3.22. The Morgan fingerprint density at radius 1 is 1.15 bits per heavy atom. The molecule has 1 heterocycles. The summed E-state index contributed by atoms with van der Waals surface area (Å²) >= 11 is 0. The molecule has 1 aliphatic carbocycles. The molecule has 2 aromatic rings. The van der Waals surface area contributed by atoms with Crippen molar-refractivity contribution in [3.05, 3.63) is 54.0 Å². The van der Waals surface area contributed by atoms with E-state index in [1.165, 1.54) is 19.5 Å². The molecule has 0 amide bonds. The summed E-state index contributed by atoms with van der Waals surface area (Å²) in [5, 5.41) is 0. The minimum Gasteiger partial charge on any atom is -0.479 e. The van der Waals surface area contributed by atoms with Crippen molar-refractivity contribution in [2.45, 2.75) is 24.7 Å². The van der Waals surface area contributed by atoms with Gasteiger partial charge in [0.15, 0.2) is 11.5 Å². The number of Topliss-reactive ketones (excluding diaryl/α,β-unsaturated/α-hetero) is 1. The number of hydrogen-bond acceptors (Lipinski definition) is 4. The second kappa shape index (κ2) is 5.04. The molecule has 0 radical (unpaired) electrons. The molecule has 1 fully saturated rings. The van der Waals surface area contributed by atoms with Crippen LogP contribution in [0.1, 0.15) is 35.3 Å². The normalized spacial score (nSPS) is 16.2. The lowest BCUT2D eigenvalue weighted by Gasteiger charge is -2.40. The molecule has 0 spiro atoms.